The van der Waals surface area contributed by atoms with Crippen LogP contribution in [-0.4, -0.2) is 25.5 Å². The smallest absolute Gasteiger partial charge is 0.222 e. The van der Waals surface area contributed by atoms with Crippen molar-refractivity contribution in [1.82, 2.24) is 5.32 Å². The number of nitrogens with one attached hydrogen (secondary N) is 1. The molecule has 1 amide bonds. The van der Waals surface area contributed by atoms with Crippen molar-refractivity contribution in [3.05, 3.63) is 30.1 Å². The van der Waals surface area contributed by atoms with Gasteiger partial charge in [-0.2, -0.15) is 0 Å². The number of nitrogens with zero attached hydrogens (tertiary/aromatic N) is 1. The fourth-order valence-corrected chi connectivity index (χ4v) is 2.33. The molecule has 1 aliphatic heterocycles. The van der Waals surface area contributed by atoms with E-state index in [2.05, 4.69) is 10.2 Å². The Bertz CT molecular complexity index is 430. The summed E-state index contributed by atoms with van der Waals surface area (Å²) in [6, 6.07) is 6.60. The summed E-state index contributed by atoms with van der Waals surface area (Å²) < 4.78 is 12.9. The lowest BCUT2D eigenvalue weighted by Crippen LogP contribution is -2.33. The Labute approximate surface area is 113 Å². The van der Waals surface area contributed by atoms with E-state index < -0.39 is 0 Å². The van der Waals surface area contributed by atoms with Crippen LogP contribution in [0.4, 0.5) is 10.1 Å². The minimum absolute atomic E-state index is 0.0367. The van der Waals surface area contributed by atoms with Crippen molar-refractivity contribution < 1.29 is 9.18 Å². The van der Waals surface area contributed by atoms with Crippen LogP contribution in [0.15, 0.2) is 24.3 Å². The summed E-state index contributed by atoms with van der Waals surface area (Å²) in [4.78, 5) is 13.8. The fourth-order valence-electron chi connectivity index (χ4n) is 2.33. The van der Waals surface area contributed by atoms with Gasteiger partial charge in [-0.3, -0.25) is 4.79 Å². The van der Waals surface area contributed by atoms with E-state index in [1.165, 1.54) is 12.1 Å². The number of anilines is 1. The molecule has 1 saturated heterocycles. The first kappa shape index (κ1) is 13.8. The van der Waals surface area contributed by atoms with Crippen molar-refractivity contribution in [1.29, 1.82) is 0 Å². The van der Waals surface area contributed by atoms with Crippen LogP contribution in [0.3, 0.4) is 0 Å². The second-order valence-corrected chi connectivity index (χ2v) is 5.48. The molecular formula is C15H21FN2O. The zero-order valence-corrected chi connectivity index (χ0v) is 11.5. The van der Waals surface area contributed by atoms with Crippen molar-refractivity contribution in [3.8, 4) is 0 Å². The van der Waals surface area contributed by atoms with Gasteiger partial charge in [-0.05, 0) is 36.6 Å². The van der Waals surface area contributed by atoms with Gasteiger partial charge in [0, 0.05) is 31.2 Å². The van der Waals surface area contributed by atoms with Gasteiger partial charge < -0.3 is 10.2 Å². The first-order valence-electron chi connectivity index (χ1n) is 6.84. The minimum Gasteiger partial charge on any atom is -0.371 e. The van der Waals surface area contributed by atoms with Gasteiger partial charge in [-0.25, -0.2) is 4.39 Å². The quantitative estimate of drug-likeness (QED) is 0.906. The molecule has 19 heavy (non-hydrogen) atoms. The van der Waals surface area contributed by atoms with E-state index >= 15 is 0 Å². The van der Waals surface area contributed by atoms with Crippen molar-refractivity contribution in [2.45, 2.75) is 20.3 Å². The Hall–Kier alpha value is -1.58. The van der Waals surface area contributed by atoms with E-state index in [4.69, 9.17) is 0 Å². The van der Waals surface area contributed by atoms with Crippen molar-refractivity contribution >= 4 is 11.6 Å². The van der Waals surface area contributed by atoms with Gasteiger partial charge >= 0.3 is 0 Å². The van der Waals surface area contributed by atoms with E-state index in [9.17, 15) is 9.18 Å². The number of rotatable bonds is 4. The molecule has 1 heterocycles. The molecule has 3 nitrogen and oxygen atoms in total. The van der Waals surface area contributed by atoms with E-state index in [0.29, 0.717) is 5.92 Å². The third-order valence-corrected chi connectivity index (χ3v) is 3.57. The molecule has 1 fully saturated rings. The summed E-state index contributed by atoms with van der Waals surface area (Å²) in [6.45, 7) is 6.41. The monoisotopic (exact) mass is 264 g/mol. The predicted molar refractivity (Wildman–Crippen MR) is 74.6 cm³/mol. The van der Waals surface area contributed by atoms with Crippen LogP contribution in [-0.2, 0) is 4.79 Å². The van der Waals surface area contributed by atoms with Gasteiger partial charge in [0.1, 0.15) is 5.82 Å². The van der Waals surface area contributed by atoms with Gasteiger partial charge in [0.15, 0.2) is 0 Å². The highest BCUT2D eigenvalue weighted by molar-refractivity contribution is 5.77. The molecule has 0 radical (unpaired) electrons. The van der Waals surface area contributed by atoms with Crippen molar-refractivity contribution in [2.75, 3.05) is 24.5 Å². The van der Waals surface area contributed by atoms with Gasteiger partial charge in [0.25, 0.3) is 0 Å². The lowest BCUT2D eigenvalue weighted by molar-refractivity contribution is -0.124. The van der Waals surface area contributed by atoms with E-state index in [1.54, 1.807) is 0 Å². The zero-order chi connectivity index (χ0) is 13.8. The summed E-state index contributed by atoms with van der Waals surface area (Å²) >= 11 is 0. The molecule has 4 heteroatoms. The number of amides is 1. The van der Waals surface area contributed by atoms with Crippen LogP contribution < -0.4 is 10.2 Å². The number of benzene rings is 1. The molecule has 104 valence electrons. The maximum atomic E-state index is 12.9. The Morgan fingerprint density at radius 1 is 1.42 bits per heavy atom. The standard InChI is InChI=1S/C15H21FN2O/c1-11(2)15(19)17-9-12-7-8-18(10-12)14-5-3-13(16)4-6-14/h3-6,11-12H,7-10H2,1-2H3,(H,17,19). The van der Waals surface area contributed by atoms with Gasteiger partial charge in [-0.15, -0.1) is 0 Å². The van der Waals surface area contributed by atoms with E-state index in [1.807, 2.05) is 26.0 Å². The number of carbonyl (C=O) groups is 1. The maximum Gasteiger partial charge on any atom is 0.222 e. The Kier molecular flexibility index (Phi) is 4.40. The molecule has 1 aliphatic rings. The Morgan fingerprint density at radius 2 is 2.11 bits per heavy atom. The van der Waals surface area contributed by atoms with Crippen LogP contribution in [0.2, 0.25) is 0 Å². The third-order valence-electron chi connectivity index (χ3n) is 3.57. The topological polar surface area (TPSA) is 32.3 Å². The molecule has 0 aliphatic carbocycles. The summed E-state index contributed by atoms with van der Waals surface area (Å²) in [7, 11) is 0. The van der Waals surface area contributed by atoms with Gasteiger partial charge in [0.05, 0.1) is 0 Å². The number of carbonyl (C=O) groups excluding carboxylic acids is 1. The molecule has 1 atom stereocenters. The lowest BCUT2D eigenvalue weighted by Gasteiger charge is -2.19. The van der Waals surface area contributed by atoms with Crippen LogP contribution in [0, 0.1) is 17.7 Å². The van der Waals surface area contributed by atoms with Crippen LogP contribution in [0.5, 0.6) is 0 Å². The largest absolute Gasteiger partial charge is 0.371 e. The number of hydrogen-bond donors (Lipinski definition) is 1. The summed E-state index contributed by atoms with van der Waals surface area (Å²) in [6.07, 6.45) is 1.07. The van der Waals surface area contributed by atoms with Crippen LogP contribution >= 0.6 is 0 Å². The molecule has 1 aromatic rings. The highest BCUT2D eigenvalue weighted by Crippen LogP contribution is 2.23. The SMILES string of the molecule is CC(C)C(=O)NCC1CCN(c2ccc(F)cc2)C1. The summed E-state index contributed by atoms with van der Waals surface area (Å²) in [5, 5.41) is 2.98. The van der Waals surface area contributed by atoms with Crippen LogP contribution in [0.25, 0.3) is 0 Å². The average molecular weight is 264 g/mol. The average Bonchev–Trinajstić information content (AvgIpc) is 2.85. The highest BCUT2D eigenvalue weighted by atomic mass is 19.1. The van der Waals surface area contributed by atoms with Crippen molar-refractivity contribution in [3.63, 3.8) is 0 Å². The maximum absolute atomic E-state index is 12.9. The zero-order valence-electron chi connectivity index (χ0n) is 11.5. The van der Waals surface area contributed by atoms with Gasteiger partial charge in [0.2, 0.25) is 5.91 Å². The van der Waals surface area contributed by atoms with Crippen molar-refractivity contribution in [2.24, 2.45) is 11.8 Å². The second kappa shape index (κ2) is 6.04. The molecule has 1 unspecified atom stereocenters. The summed E-state index contributed by atoms with van der Waals surface area (Å²) in [5.74, 6) is 0.422. The van der Waals surface area contributed by atoms with Gasteiger partial charge in [-0.1, -0.05) is 13.8 Å². The first-order valence-corrected chi connectivity index (χ1v) is 6.84. The molecule has 2 rings (SSSR count). The van der Waals surface area contributed by atoms with E-state index in [0.717, 1.165) is 31.7 Å². The molecule has 0 bridgehead atoms. The molecule has 1 N–H and O–H groups in total. The lowest BCUT2D eigenvalue weighted by atomic mass is 10.1. The normalized spacial score (nSPS) is 18.9. The number of hydrogen-bond acceptors (Lipinski definition) is 2. The predicted octanol–water partition coefficient (Wildman–Crippen LogP) is 2.42. The number of halogens is 1. The molecule has 0 saturated carbocycles. The second-order valence-electron chi connectivity index (χ2n) is 5.48. The molecular weight excluding hydrogens is 243 g/mol. The van der Waals surface area contributed by atoms with Crippen LogP contribution in [0.1, 0.15) is 20.3 Å². The molecule has 0 spiro atoms. The van der Waals surface area contributed by atoms with E-state index in [-0.39, 0.29) is 17.6 Å². The first-order chi connectivity index (χ1) is 9.06. The Morgan fingerprint density at radius 3 is 2.74 bits per heavy atom. The highest BCUT2D eigenvalue weighted by Gasteiger charge is 2.23. The minimum atomic E-state index is -0.205. The summed E-state index contributed by atoms with van der Waals surface area (Å²) in [5.41, 5.74) is 1.05. The fraction of sp³-hybridized carbons (Fsp3) is 0.533. The molecule has 0 aromatic heterocycles. The Balaban J connectivity index is 1.83. The molecule has 1 aromatic carbocycles. The third kappa shape index (κ3) is 3.69.